The van der Waals surface area contributed by atoms with Gasteiger partial charge in [0.2, 0.25) is 10.0 Å². The summed E-state index contributed by atoms with van der Waals surface area (Å²) in [5.74, 6) is 0. The Kier molecular flexibility index (Phi) is 4.98. The van der Waals surface area contributed by atoms with E-state index in [0.29, 0.717) is 24.8 Å². The van der Waals surface area contributed by atoms with E-state index in [0.717, 1.165) is 11.1 Å². The summed E-state index contributed by atoms with van der Waals surface area (Å²) >= 11 is 0. The number of nitrogens with one attached hydrogen (secondary N) is 1. The van der Waals surface area contributed by atoms with Crippen molar-refractivity contribution in [3.63, 3.8) is 0 Å². The molecule has 0 aliphatic heterocycles. The van der Waals surface area contributed by atoms with Crippen LogP contribution in [0.5, 0.6) is 0 Å². The molecule has 1 aliphatic rings. The highest BCUT2D eigenvalue weighted by molar-refractivity contribution is 7.90. The molecular weight excluding hydrogens is 337 g/mol. The van der Waals surface area contributed by atoms with Crippen LogP contribution < -0.4 is 4.72 Å². The van der Waals surface area contributed by atoms with E-state index in [4.69, 9.17) is 0 Å². The van der Waals surface area contributed by atoms with E-state index < -0.39 is 27.0 Å². The fraction of sp³-hybridized carbons (Fsp3) is 0.400. The minimum Gasteiger partial charge on any atom is -0.237 e. The van der Waals surface area contributed by atoms with Gasteiger partial charge >= 0.3 is 0 Å². The summed E-state index contributed by atoms with van der Waals surface area (Å²) in [5, 5.41) is -0.571. The molecule has 0 heterocycles. The lowest BCUT2D eigenvalue weighted by atomic mass is 9.90. The van der Waals surface area contributed by atoms with Gasteiger partial charge in [0.25, 0.3) is 0 Å². The Hall–Kier alpha value is -1.72. The van der Waals surface area contributed by atoms with E-state index in [9.17, 15) is 8.42 Å². The molecule has 1 fully saturated rings. The van der Waals surface area contributed by atoms with Crippen LogP contribution in [0, 0.1) is 0 Å². The highest BCUT2D eigenvalue weighted by Gasteiger charge is 2.46. The van der Waals surface area contributed by atoms with E-state index in [1.165, 1.54) is 0 Å². The van der Waals surface area contributed by atoms with Gasteiger partial charge in [-0.05, 0) is 49.8 Å². The molecule has 0 radical (unpaired) electrons. The van der Waals surface area contributed by atoms with Gasteiger partial charge in [-0.25, -0.2) is 17.5 Å². The van der Waals surface area contributed by atoms with Crippen LogP contribution in [0.25, 0.3) is 11.1 Å². The third-order valence-corrected chi connectivity index (χ3v) is 6.84. The molecule has 3 nitrogen and oxygen atoms in total. The molecule has 2 aromatic carbocycles. The third-order valence-electron chi connectivity index (χ3n) is 4.98. The lowest BCUT2D eigenvalue weighted by Crippen LogP contribution is -2.46. The SMILES string of the molecule is CC(C)S(=O)(=O)N[C@H]1CCC[C@]1(F)c1ccc(-c2ccccc2)cc1. The average Bonchev–Trinajstić information content (AvgIpc) is 2.97. The molecule has 1 aliphatic carbocycles. The first kappa shape index (κ1) is 18.1. The molecule has 3 rings (SSSR count). The number of sulfonamides is 1. The molecule has 0 amide bonds. The Labute approximate surface area is 149 Å². The Morgan fingerprint density at radius 2 is 1.64 bits per heavy atom. The molecule has 2 aromatic rings. The van der Waals surface area contributed by atoms with E-state index >= 15 is 4.39 Å². The monoisotopic (exact) mass is 361 g/mol. The van der Waals surface area contributed by atoms with Crippen molar-refractivity contribution in [2.75, 3.05) is 0 Å². The van der Waals surface area contributed by atoms with Crippen molar-refractivity contribution in [1.82, 2.24) is 4.72 Å². The minimum absolute atomic E-state index is 0.336. The minimum atomic E-state index is -3.50. The molecular formula is C20H24FNO2S. The van der Waals surface area contributed by atoms with Crippen molar-refractivity contribution < 1.29 is 12.8 Å². The van der Waals surface area contributed by atoms with E-state index in [2.05, 4.69) is 4.72 Å². The normalized spacial score (nSPS) is 23.9. The Morgan fingerprint density at radius 1 is 1.04 bits per heavy atom. The maximum absolute atomic E-state index is 15.7. The first-order valence-electron chi connectivity index (χ1n) is 8.69. The lowest BCUT2D eigenvalue weighted by Gasteiger charge is -2.29. The van der Waals surface area contributed by atoms with Gasteiger partial charge in [0.1, 0.15) is 0 Å². The number of hydrogen-bond acceptors (Lipinski definition) is 2. The van der Waals surface area contributed by atoms with Gasteiger partial charge in [-0.1, -0.05) is 54.6 Å². The summed E-state index contributed by atoms with van der Waals surface area (Å²) in [4.78, 5) is 0. The number of rotatable bonds is 5. The van der Waals surface area contributed by atoms with Crippen molar-refractivity contribution in [2.45, 2.75) is 50.1 Å². The highest BCUT2D eigenvalue weighted by atomic mass is 32.2. The second-order valence-corrected chi connectivity index (χ2v) is 9.23. The van der Waals surface area contributed by atoms with Crippen LogP contribution in [0.15, 0.2) is 54.6 Å². The van der Waals surface area contributed by atoms with Crippen LogP contribution >= 0.6 is 0 Å². The average molecular weight is 361 g/mol. The lowest BCUT2D eigenvalue weighted by molar-refractivity contribution is 0.142. The van der Waals surface area contributed by atoms with Crippen molar-refractivity contribution in [2.24, 2.45) is 0 Å². The van der Waals surface area contributed by atoms with Crippen molar-refractivity contribution >= 4 is 10.0 Å². The standard InChI is InChI=1S/C20H24FNO2S/c1-15(2)25(23,24)22-19-9-6-14-20(19,21)18-12-10-17(11-13-18)16-7-4-3-5-8-16/h3-5,7-8,10-13,15,19,22H,6,9,14H2,1-2H3/t19-,20-/m0/s1. The molecule has 134 valence electrons. The molecule has 0 aromatic heterocycles. The maximum atomic E-state index is 15.7. The van der Waals surface area contributed by atoms with Crippen LogP contribution in [-0.4, -0.2) is 19.7 Å². The molecule has 1 saturated carbocycles. The quantitative estimate of drug-likeness (QED) is 0.858. The Bertz CT molecular complexity index is 819. The van der Waals surface area contributed by atoms with E-state index in [1.54, 1.807) is 26.0 Å². The summed E-state index contributed by atoms with van der Waals surface area (Å²) in [7, 11) is -3.50. The second-order valence-electron chi connectivity index (χ2n) is 6.96. The zero-order chi connectivity index (χ0) is 18.1. The van der Waals surface area contributed by atoms with Crippen molar-refractivity contribution in [3.05, 3.63) is 60.2 Å². The molecule has 5 heteroatoms. The molecule has 0 bridgehead atoms. The smallest absolute Gasteiger partial charge is 0.214 e. The summed E-state index contributed by atoms with van der Waals surface area (Å²) in [6.07, 6.45) is 1.52. The summed E-state index contributed by atoms with van der Waals surface area (Å²) < 4.78 is 42.6. The van der Waals surface area contributed by atoms with Gasteiger partial charge in [-0.15, -0.1) is 0 Å². The Morgan fingerprint density at radius 3 is 2.24 bits per heavy atom. The number of alkyl halides is 1. The molecule has 0 unspecified atom stereocenters. The molecule has 2 atom stereocenters. The maximum Gasteiger partial charge on any atom is 0.214 e. The highest BCUT2D eigenvalue weighted by Crippen LogP contribution is 2.43. The Balaban J connectivity index is 1.86. The molecule has 0 saturated heterocycles. The number of benzene rings is 2. The zero-order valence-corrected chi connectivity index (χ0v) is 15.4. The van der Waals surface area contributed by atoms with Crippen LogP contribution in [0.3, 0.4) is 0 Å². The van der Waals surface area contributed by atoms with Crippen LogP contribution in [0.2, 0.25) is 0 Å². The summed E-state index contributed by atoms with van der Waals surface area (Å²) in [5.41, 5.74) is 0.980. The molecule has 25 heavy (non-hydrogen) atoms. The first-order valence-corrected chi connectivity index (χ1v) is 10.2. The topological polar surface area (TPSA) is 46.2 Å². The van der Waals surface area contributed by atoms with E-state index in [-0.39, 0.29) is 0 Å². The fourth-order valence-corrected chi connectivity index (χ4v) is 4.34. The van der Waals surface area contributed by atoms with Crippen molar-refractivity contribution in [1.29, 1.82) is 0 Å². The molecule has 1 N–H and O–H groups in total. The van der Waals surface area contributed by atoms with Gasteiger partial charge < -0.3 is 0 Å². The zero-order valence-electron chi connectivity index (χ0n) is 14.6. The third kappa shape index (κ3) is 3.62. The van der Waals surface area contributed by atoms with E-state index in [1.807, 2.05) is 42.5 Å². The second kappa shape index (κ2) is 6.89. The van der Waals surface area contributed by atoms with Crippen LogP contribution in [0.1, 0.15) is 38.7 Å². The van der Waals surface area contributed by atoms with Gasteiger partial charge in [-0.2, -0.15) is 0 Å². The van der Waals surface area contributed by atoms with Crippen molar-refractivity contribution in [3.8, 4) is 11.1 Å². The predicted molar refractivity (Wildman–Crippen MR) is 99.5 cm³/mol. The fourth-order valence-electron chi connectivity index (χ4n) is 3.37. The molecule has 0 spiro atoms. The number of halogens is 1. The number of hydrogen-bond donors (Lipinski definition) is 1. The summed E-state index contributed by atoms with van der Waals surface area (Å²) in [6.45, 7) is 3.21. The van der Waals surface area contributed by atoms with Crippen LogP contribution in [-0.2, 0) is 15.7 Å². The predicted octanol–water partition coefficient (Wildman–Crippen LogP) is 4.40. The van der Waals surface area contributed by atoms with Gasteiger partial charge in [-0.3, -0.25) is 0 Å². The van der Waals surface area contributed by atoms with Gasteiger partial charge in [0, 0.05) is 0 Å². The van der Waals surface area contributed by atoms with Gasteiger partial charge in [0.05, 0.1) is 11.3 Å². The summed E-state index contributed by atoms with van der Waals surface area (Å²) in [6, 6.07) is 16.6. The van der Waals surface area contributed by atoms with Crippen LogP contribution in [0.4, 0.5) is 4.39 Å². The first-order chi connectivity index (χ1) is 11.8. The van der Waals surface area contributed by atoms with Gasteiger partial charge in [0.15, 0.2) is 5.67 Å². The largest absolute Gasteiger partial charge is 0.237 e.